The highest BCUT2D eigenvalue weighted by molar-refractivity contribution is 4.82. The Hall–Kier alpha value is -0.0800. The van der Waals surface area contributed by atoms with E-state index in [1.54, 1.807) is 0 Å². The molecule has 0 aromatic rings. The van der Waals surface area contributed by atoms with Crippen LogP contribution in [0.3, 0.4) is 0 Å². The third-order valence-electron chi connectivity index (χ3n) is 5.14. The van der Waals surface area contributed by atoms with Gasteiger partial charge in [0, 0.05) is 12.1 Å². The van der Waals surface area contributed by atoms with Gasteiger partial charge in [-0.2, -0.15) is 0 Å². The highest BCUT2D eigenvalue weighted by atomic mass is 15.2. The van der Waals surface area contributed by atoms with Gasteiger partial charge in [-0.05, 0) is 65.7 Å². The van der Waals surface area contributed by atoms with E-state index < -0.39 is 0 Å². The van der Waals surface area contributed by atoms with E-state index in [0.717, 1.165) is 12.1 Å². The van der Waals surface area contributed by atoms with Gasteiger partial charge >= 0.3 is 0 Å². The molecule has 1 rings (SSSR count). The molecule has 1 aliphatic carbocycles. The summed E-state index contributed by atoms with van der Waals surface area (Å²) in [5.74, 6) is 0. The fourth-order valence-electron chi connectivity index (χ4n) is 3.53. The number of hydrogen-bond acceptors (Lipinski definition) is 2. The van der Waals surface area contributed by atoms with Crippen LogP contribution in [0, 0.1) is 0 Å². The normalized spacial score (nSPS) is 23.7. The highest BCUT2D eigenvalue weighted by Crippen LogP contribution is 2.25. The van der Waals surface area contributed by atoms with Crippen molar-refractivity contribution in [2.75, 3.05) is 27.2 Å². The van der Waals surface area contributed by atoms with Gasteiger partial charge in [-0.25, -0.2) is 0 Å². The lowest BCUT2D eigenvalue weighted by atomic mass is 9.89. The lowest BCUT2D eigenvalue weighted by molar-refractivity contribution is 0.122. The minimum Gasteiger partial charge on any atom is -0.303 e. The number of rotatable bonds is 10. The van der Waals surface area contributed by atoms with Gasteiger partial charge in [-0.1, -0.05) is 39.5 Å². The quantitative estimate of drug-likeness (QED) is 0.543. The van der Waals surface area contributed by atoms with Gasteiger partial charge in [-0.15, -0.1) is 0 Å². The van der Waals surface area contributed by atoms with E-state index in [2.05, 4.69) is 37.7 Å². The van der Waals surface area contributed by atoms with Crippen LogP contribution >= 0.6 is 0 Å². The molecule has 1 aliphatic rings. The average Bonchev–Trinajstić information content (AvgIpc) is 2.47. The molecule has 0 atom stereocenters. The standard InChI is InChI=1S/C18H38N2/c1-5-7-9-15-19(3)17-11-13-18(14-12-17)20(4)16-10-8-6-2/h17-18H,5-16H2,1-4H3. The molecule has 0 aliphatic heterocycles. The maximum absolute atomic E-state index is 2.63. The van der Waals surface area contributed by atoms with Crippen LogP contribution in [-0.2, 0) is 0 Å². The Morgan fingerprint density at radius 1 is 0.650 bits per heavy atom. The maximum Gasteiger partial charge on any atom is 0.00933 e. The van der Waals surface area contributed by atoms with Gasteiger partial charge < -0.3 is 9.80 Å². The Kier molecular flexibility index (Phi) is 9.54. The third kappa shape index (κ3) is 6.58. The van der Waals surface area contributed by atoms with Gasteiger partial charge in [0.25, 0.3) is 0 Å². The second kappa shape index (κ2) is 10.6. The highest BCUT2D eigenvalue weighted by Gasteiger charge is 2.25. The maximum atomic E-state index is 2.63. The first-order valence-electron chi connectivity index (χ1n) is 9.09. The van der Waals surface area contributed by atoms with Crippen LogP contribution in [0.5, 0.6) is 0 Å². The van der Waals surface area contributed by atoms with Crippen molar-refractivity contribution >= 4 is 0 Å². The summed E-state index contributed by atoms with van der Waals surface area (Å²) in [5, 5.41) is 0. The summed E-state index contributed by atoms with van der Waals surface area (Å²) in [4.78, 5) is 5.26. The zero-order valence-electron chi connectivity index (χ0n) is 14.5. The van der Waals surface area contributed by atoms with Crippen LogP contribution in [0.2, 0.25) is 0 Å². The average molecular weight is 283 g/mol. The summed E-state index contributed by atoms with van der Waals surface area (Å²) in [6.45, 7) is 7.18. The molecule has 2 heteroatoms. The summed E-state index contributed by atoms with van der Waals surface area (Å²) in [6, 6.07) is 1.71. The van der Waals surface area contributed by atoms with E-state index in [-0.39, 0.29) is 0 Å². The second-order valence-corrected chi connectivity index (χ2v) is 6.84. The summed E-state index contributed by atoms with van der Waals surface area (Å²) in [6.07, 6.45) is 13.8. The Morgan fingerprint density at radius 2 is 1.00 bits per heavy atom. The van der Waals surface area contributed by atoms with Crippen LogP contribution < -0.4 is 0 Å². The van der Waals surface area contributed by atoms with Crippen molar-refractivity contribution in [3.05, 3.63) is 0 Å². The SMILES string of the molecule is CCCCCN(C)C1CCC(N(C)CCCCC)CC1. The first kappa shape index (κ1) is 18.0. The molecule has 2 nitrogen and oxygen atoms in total. The predicted molar refractivity (Wildman–Crippen MR) is 90.4 cm³/mol. The molecule has 1 fully saturated rings. The molecule has 0 radical (unpaired) electrons. The Labute approximate surface area is 127 Å². The smallest absolute Gasteiger partial charge is 0.00933 e. The molecule has 0 saturated heterocycles. The first-order valence-corrected chi connectivity index (χ1v) is 9.09. The molecule has 0 bridgehead atoms. The van der Waals surface area contributed by atoms with Gasteiger partial charge in [0.2, 0.25) is 0 Å². The fraction of sp³-hybridized carbons (Fsp3) is 1.00. The van der Waals surface area contributed by atoms with Crippen molar-refractivity contribution in [2.24, 2.45) is 0 Å². The van der Waals surface area contributed by atoms with Crippen LogP contribution in [0.15, 0.2) is 0 Å². The minimum atomic E-state index is 0.854. The zero-order valence-corrected chi connectivity index (χ0v) is 14.5. The Morgan fingerprint density at radius 3 is 1.30 bits per heavy atom. The van der Waals surface area contributed by atoms with Crippen molar-refractivity contribution in [3.63, 3.8) is 0 Å². The molecule has 120 valence electrons. The van der Waals surface area contributed by atoms with E-state index in [0.29, 0.717) is 0 Å². The Balaban J connectivity index is 2.18. The molecular weight excluding hydrogens is 244 g/mol. The van der Waals surface area contributed by atoms with E-state index in [1.807, 2.05) is 0 Å². The Bertz CT molecular complexity index is 197. The lowest BCUT2D eigenvalue weighted by Gasteiger charge is -2.38. The number of unbranched alkanes of at least 4 members (excludes halogenated alkanes) is 4. The molecule has 0 heterocycles. The molecular formula is C18H38N2. The summed E-state index contributed by atoms with van der Waals surface area (Å²) < 4.78 is 0. The molecule has 0 unspecified atom stereocenters. The molecule has 0 spiro atoms. The van der Waals surface area contributed by atoms with Gasteiger partial charge in [-0.3, -0.25) is 0 Å². The first-order chi connectivity index (χ1) is 9.69. The second-order valence-electron chi connectivity index (χ2n) is 6.84. The van der Waals surface area contributed by atoms with Crippen LogP contribution in [0.25, 0.3) is 0 Å². The zero-order chi connectivity index (χ0) is 14.8. The third-order valence-corrected chi connectivity index (χ3v) is 5.14. The van der Waals surface area contributed by atoms with Gasteiger partial charge in [0.15, 0.2) is 0 Å². The van der Waals surface area contributed by atoms with Crippen molar-refractivity contribution < 1.29 is 0 Å². The molecule has 20 heavy (non-hydrogen) atoms. The summed E-state index contributed by atoms with van der Waals surface area (Å²) >= 11 is 0. The van der Waals surface area contributed by atoms with Crippen LogP contribution in [0.1, 0.15) is 78.1 Å². The van der Waals surface area contributed by atoms with Crippen molar-refractivity contribution in [2.45, 2.75) is 90.1 Å². The number of nitrogens with zero attached hydrogens (tertiary/aromatic N) is 2. The fourth-order valence-corrected chi connectivity index (χ4v) is 3.53. The lowest BCUT2D eigenvalue weighted by Crippen LogP contribution is -2.42. The topological polar surface area (TPSA) is 6.48 Å². The van der Waals surface area contributed by atoms with E-state index in [1.165, 1.54) is 77.3 Å². The minimum absolute atomic E-state index is 0.854. The molecule has 1 saturated carbocycles. The van der Waals surface area contributed by atoms with Gasteiger partial charge in [0.1, 0.15) is 0 Å². The van der Waals surface area contributed by atoms with E-state index in [9.17, 15) is 0 Å². The molecule has 0 N–H and O–H groups in total. The number of hydrogen-bond donors (Lipinski definition) is 0. The largest absolute Gasteiger partial charge is 0.303 e. The molecule has 0 aromatic heterocycles. The monoisotopic (exact) mass is 282 g/mol. The summed E-state index contributed by atoms with van der Waals surface area (Å²) in [5.41, 5.74) is 0. The van der Waals surface area contributed by atoms with Crippen LogP contribution in [-0.4, -0.2) is 49.1 Å². The van der Waals surface area contributed by atoms with Crippen molar-refractivity contribution in [3.8, 4) is 0 Å². The predicted octanol–water partition coefficient (Wildman–Crippen LogP) is 4.54. The molecule has 0 amide bonds. The van der Waals surface area contributed by atoms with E-state index >= 15 is 0 Å². The van der Waals surface area contributed by atoms with Crippen LogP contribution in [0.4, 0.5) is 0 Å². The van der Waals surface area contributed by atoms with E-state index in [4.69, 9.17) is 0 Å². The van der Waals surface area contributed by atoms with Gasteiger partial charge in [0.05, 0.1) is 0 Å². The van der Waals surface area contributed by atoms with Crippen molar-refractivity contribution in [1.82, 2.24) is 9.80 Å². The van der Waals surface area contributed by atoms with Crippen molar-refractivity contribution in [1.29, 1.82) is 0 Å². The summed E-state index contributed by atoms with van der Waals surface area (Å²) in [7, 11) is 4.68. The molecule has 0 aromatic carbocycles.